The first kappa shape index (κ1) is 15.6. The molecule has 1 heterocycles. The summed E-state index contributed by atoms with van der Waals surface area (Å²) in [5.41, 5.74) is 1.55. The molecular formula is C18H18F2N2O. The molecule has 120 valence electrons. The van der Waals surface area contributed by atoms with Gasteiger partial charge in [0, 0.05) is 25.2 Å². The summed E-state index contributed by atoms with van der Waals surface area (Å²) < 4.78 is 27.2. The van der Waals surface area contributed by atoms with Crippen molar-refractivity contribution in [2.24, 2.45) is 0 Å². The van der Waals surface area contributed by atoms with Crippen molar-refractivity contribution in [2.45, 2.75) is 13.0 Å². The van der Waals surface area contributed by atoms with Gasteiger partial charge in [0.05, 0.1) is 6.04 Å². The molecule has 1 saturated heterocycles. The molecule has 0 radical (unpaired) electrons. The Bertz CT molecular complexity index is 733. The summed E-state index contributed by atoms with van der Waals surface area (Å²) in [7, 11) is 0. The van der Waals surface area contributed by atoms with Crippen molar-refractivity contribution < 1.29 is 13.6 Å². The van der Waals surface area contributed by atoms with Gasteiger partial charge in [-0.3, -0.25) is 4.79 Å². The van der Waals surface area contributed by atoms with Crippen molar-refractivity contribution in [1.29, 1.82) is 0 Å². The zero-order valence-electron chi connectivity index (χ0n) is 12.9. The molecule has 0 bridgehead atoms. The minimum atomic E-state index is -0.395. The summed E-state index contributed by atoms with van der Waals surface area (Å²) in [6, 6.07) is 10.5. The predicted molar refractivity (Wildman–Crippen MR) is 84.2 cm³/mol. The third-order valence-electron chi connectivity index (χ3n) is 4.16. The van der Waals surface area contributed by atoms with Gasteiger partial charge in [-0.1, -0.05) is 18.2 Å². The molecule has 23 heavy (non-hydrogen) atoms. The number of piperazine rings is 1. The molecule has 1 aliphatic heterocycles. The fourth-order valence-electron chi connectivity index (χ4n) is 2.85. The zero-order chi connectivity index (χ0) is 16.4. The molecule has 5 heteroatoms. The van der Waals surface area contributed by atoms with Crippen LogP contribution in [0.15, 0.2) is 42.5 Å². The van der Waals surface area contributed by atoms with E-state index >= 15 is 0 Å². The van der Waals surface area contributed by atoms with E-state index in [1.165, 1.54) is 18.2 Å². The van der Waals surface area contributed by atoms with Gasteiger partial charge in [-0.15, -0.1) is 0 Å². The van der Waals surface area contributed by atoms with Crippen molar-refractivity contribution >= 4 is 5.91 Å². The average Bonchev–Trinajstić information content (AvgIpc) is 2.57. The van der Waals surface area contributed by atoms with Crippen LogP contribution in [-0.4, -0.2) is 30.4 Å². The Labute approximate surface area is 133 Å². The van der Waals surface area contributed by atoms with Gasteiger partial charge in [0.2, 0.25) is 0 Å². The summed E-state index contributed by atoms with van der Waals surface area (Å²) in [6.07, 6.45) is 0. The molecule has 0 spiro atoms. The number of aryl methyl sites for hydroxylation is 1. The normalized spacial score (nSPS) is 18.0. The summed E-state index contributed by atoms with van der Waals surface area (Å²) in [5, 5.41) is 3.22. The SMILES string of the molecule is Cc1ccc(C(=O)N2CCNCC2c2cccc(F)c2)cc1F. The monoisotopic (exact) mass is 316 g/mol. The summed E-state index contributed by atoms with van der Waals surface area (Å²) >= 11 is 0. The number of halogens is 2. The van der Waals surface area contributed by atoms with E-state index < -0.39 is 5.82 Å². The van der Waals surface area contributed by atoms with Crippen LogP contribution in [0.2, 0.25) is 0 Å². The molecule has 1 amide bonds. The van der Waals surface area contributed by atoms with Crippen LogP contribution in [0.25, 0.3) is 0 Å². The number of carbonyl (C=O) groups excluding carboxylic acids is 1. The number of amides is 1. The van der Waals surface area contributed by atoms with Gasteiger partial charge in [0.15, 0.2) is 0 Å². The maximum absolute atomic E-state index is 13.7. The van der Waals surface area contributed by atoms with Crippen LogP contribution in [0.3, 0.4) is 0 Å². The number of nitrogens with one attached hydrogen (secondary N) is 1. The van der Waals surface area contributed by atoms with Crippen molar-refractivity contribution in [1.82, 2.24) is 10.2 Å². The second kappa shape index (κ2) is 6.46. The Balaban J connectivity index is 1.91. The quantitative estimate of drug-likeness (QED) is 0.923. The fraction of sp³-hybridized carbons (Fsp3) is 0.278. The zero-order valence-corrected chi connectivity index (χ0v) is 12.9. The Kier molecular flexibility index (Phi) is 4.39. The first-order chi connectivity index (χ1) is 11.1. The van der Waals surface area contributed by atoms with Gasteiger partial charge in [0.1, 0.15) is 11.6 Å². The van der Waals surface area contributed by atoms with E-state index in [4.69, 9.17) is 0 Å². The molecule has 3 nitrogen and oxygen atoms in total. The first-order valence-corrected chi connectivity index (χ1v) is 7.59. The minimum Gasteiger partial charge on any atom is -0.329 e. The third-order valence-corrected chi connectivity index (χ3v) is 4.16. The number of hydrogen-bond acceptors (Lipinski definition) is 2. The van der Waals surface area contributed by atoms with Crippen LogP contribution < -0.4 is 5.32 Å². The summed E-state index contributed by atoms with van der Waals surface area (Å²) in [4.78, 5) is 14.4. The Hall–Kier alpha value is -2.27. The second-order valence-electron chi connectivity index (χ2n) is 5.74. The topological polar surface area (TPSA) is 32.3 Å². The van der Waals surface area contributed by atoms with Crippen LogP contribution in [0.5, 0.6) is 0 Å². The molecular weight excluding hydrogens is 298 g/mol. The minimum absolute atomic E-state index is 0.236. The Morgan fingerprint density at radius 1 is 1.22 bits per heavy atom. The van der Waals surface area contributed by atoms with E-state index in [2.05, 4.69) is 5.32 Å². The lowest BCUT2D eigenvalue weighted by Gasteiger charge is -2.36. The molecule has 1 atom stereocenters. The van der Waals surface area contributed by atoms with Crippen LogP contribution in [0.4, 0.5) is 8.78 Å². The fourth-order valence-corrected chi connectivity index (χ4v) is 2.85. The third kappa shape index (κ3) is 3.24. The summed E-state index contributed by atoms with van der Waals surface area (Å²) in [5.74, 6) is -0.963. The van der Waals surface area contributed by atoms with Crippen molar-refractivity contribution in [3.05, 3.63) is 70.8 Å². The van der Waals surface area contributed by atoms with Gasteiger partial charge in [-0.05, 0) is 42.3 Å². The van der Waals surface area contributed by atoms with Crippen LogP contribution in [-0.2, 0) is 0 Å². The molecule has 2 aromatic rings. The van der Waals surface area contributed by atoms with E-state index in [1.54, 1.807) is 36.1 Å². The molecule has 1 aliphatic rings. The average molecular weight is 316 g/mol. The molecule has 1 unspecified atom stereocenters. The van der Waals surface area contributed by atoms with Crippen molar-refractivity contribution in [2.75, 3.05) is 19.6 Å². The molecule has 0 aromatic heterocycles. The van der Waals surface area contributed by atoms with Gasteiger partial charge < -0.3 is 10.2 Å². The smallest absolute Gasteiger partial charge is 0.254 e. The standard InChI is InChI=1S/C18H18F2N2O/c1-12-5-6-14(10-16(12)20)18(23)22-8-7-21-11-17(22)13-3-2-4-15(19)9-13/h2-6,9-10,17,21H,7-8,11H2,1H3. The highest BCUT2D eigenvalue weighted by molar-refractivity contribution is 5.94. The number of benzene rings is 2. The molecule has 3 rings (SSSR count). The maximum Gasteiger partial charge on any atom is 0.254 e. The van der Waals surface area contributed by atoms with E-state index in [1.807, 2.05) is 0 Å². The lowest BCUT2D eigenvalue weighted by Crippen LogP contribution is -2.48. The van der Waals surface area contributed by atoms with Crippen LogP contribution in [0, 0.1) is 18.6 Å². The number of rotatable bonds is 2. The van der Waals surface area contributed by atoms with E-state index in [-0.39, 0.29) is 17.8 Å². The van der Waals surface area contributed by atoms with Crippen molar-refractivity contribution in [3.8, 4) is 0 Å². The Morgan fingerprint density at radius 2 is 2.04 bits per heavy atom. The van der Waals surface area contributed by atoms with E-state index in [9.17, 15) is 13.6 Å². The van der Waals surface area contributed by atoms with Crippen LogP contribution >= 0.6 is 0 Å². The van der Waals surface area contributed by atoms with Gasteiger partial charge in [-0.2, -0.15) is 0 Å². The Morgan fingerprint density at radius 3 is 2.78 bits per heavy atom. The second-order valence-corrected chi connectivity index (χ2v) is 5.74. The van der Waals surface area contributed by atoms with Crippen LogP contribution in [0.1, 0.15) is 27.5 Å². The molecule has 0 aliphatic carbocycles. The number of hydrogen-bond donors (Lipinski definition) is 1. The number of nitrogens with zero attached hydrogens (tertiary/aromatic N) is 1. The van der Waals surface area contributed by atoms with Gasteiger partial charge >= 0.3 is 0 Å². The summed E-state index contributed by atoms with van der Waals surface area (Å²) in [6.45, 7) is 3.36. The molecule has 1 N–H and O–H groups in total. The van der Waals surface area contributed by atoms with E-state index in [0.29, 0.717) is 30.8 Å². The highest BCUT2D eigenvalue weighted by Crippen LogP contribution is 2.25. The number of carbonyl (C=O) groups is 1. The van der Waals surface area contributed by atoms with E-state index in [0.717, 1.165) is 5.56 Å². The maximum atomic E-state index is 13.7. The molecule has 2 aromatic carbocycles. The molecule has 0 saturated carbocycles. The van der Waals surface area contributed by atoms with Gasteiger partial charge in [0.25, 0.3) is 5.91 Å². The lowest BCUT2D eigenvalue weighted by atomic mass is 10.0. The van der Waals surface area contributed by atoms with Gasteiger partial charge in [-0.25, -0.2) is 8.78 Å². The lowest BCUT2D eigenvalue weighted by molar-refractivity contribution is 0.0633. The largest absolute Gasteiger partial charge is 0.329 e. The highest BCUT2D eigenvalue weighted by Gasteiger charge is 2.29. The molecule has 1 fully saturated rings. The predicted octanol–water partition coefficient (Wildman–Crippen LogP) is 3.06. The first-order valence-electron chi connectivity index (χ1n) is 7.59. The highest BCUT2D eigenvalue weighted by atomic mass is 19.1. The van der Waals surface area contributed by atoms with Crippen molar-refractivity contribution in [3.63, 3.8) is 0 Å².